The van der Waals surface area contributed by atoms with Gasteiger partial charge in [0, 0.05) is 39.3 Å². The van der Waals surface area contributed by atoms with Crippen LogP contribution in [0.4, 0.5) is 11.6 Å². The molecule has 0 spiro atoms. The number of fused-ring (bicyclic) bond motifs is 1. The van der Waals surface area contributed by atoms with Crippen LogP contribution in [0.3, 0.4) is 0 Å². The normalized spacial score (nSPS) is 18.4. The monoisotopic (exact) mass is 355 g/mol. The van der Waals surface area contributed by atoms with E-state index >= 15 is 0 Å². The van der Waals surface area contributed by atoms with Gasteiger partial charge in [-0.3, -0.25) is 4.79 Å². The molecule has 0 bridgehead atoms. The smallest absolute Gasteiger partial charge is 0.248 e. The van der Waals surface area contributed by atoms with Gasteiger partial charge in [0.25, 0.3) is 0 Å². The van der Waals surface area contributed by atoms with Crippen LogP contribution in [0.15, 0.2) is 24.3 Å². The van der Waals surface area contributed by atoms with Gasteiger partial charge in [-0.15, -0.1) is 0 Å². The average Bonchev–Trinajstić information content (AvgIpc) is 2.73. The number of piperazine rings is 1. The molecule has 26 heavy (non-hydrogen) atoms. The van der Waals surface area contributed by atoms with Gasteiger partial charge >= 0.3 is 0 Å². The van der Waals surface area contributed by atoms with Gasteiger partial charge in [-0.2, -0.15) is 0 Å². The third kappa shape index (κ3) is 3.31. The predicted molar refractivity (Wildman–Crippen MR) is 101 cm³/mol. The second kappa shape index (κ2) is 7.45. The van der Waals surface area contributed by atoms with E-state index in [1.165, 1.54) is 19.3 Å². The van der Waals surface area contributed by atoms with Crippen LogP contribution >= 0.6 is 0 Å². The molecule has 2 fully saturated rings. The van der Waals surface area contributed by atoms with Gasteiger partial charge < -0.3 is 19.8 Å². The van der Waals surface area contributed by atoms with Crippen LogP contribution in [0.25, 0.3) is 11.0 Å². The molecule has 2 saturated heterocycles. The highest BCUT2D eigenvalue weighted by molar-refractivity contribution is 5.81. The van der Waals surface area contributed by atoms with Gasteiger partial charge in [-0.05, 0) is 31.4 Å². The van der Waals surface area contributed by atoms with E-state index in [9.17, 15) is 4.79 Å². The van der Waals surface area contributed by atoms with Crippen LogP contribution in [0.1, 0.15) is 19.3 Å². The van der Waals surface area contributed by atoms with Gasteiger partial charge in [0.2, 0.25) is 5.91 Å². The number of piperidine rings is 1. The number of anilines is 2. The molecule has 0 aliphatic carbocycles. The van der Waals surface area contributed by atoms with E-state index in [0.717, 1.165) is 35.8 Å². The first kappa shape index (κ1) is 17.0. The first-order valence-corrected chi connectivity index (χ1v) is 9.41. The number of carbonyl (C=O) groups excluding carboxylic acids is 1. The second-order valence-corrected chi connectivity index (χ2v) is 6.93. The molecule has 2 aliphatic heterocycles. The molecule has 3 heterocycles. The van der Waals surface area contributed by atoms with Crippen molar-refractivity contribution >= 4 is 28.6 Å². The third-order valence-corrected chi connectivity index (χ3v) is 5.26. The maximum Gasteiger partial charge on any atom is 0.248 e. The molecule has 0 unspecified atom stereocenters. The lowest BCUT2D eigenvalue weighted by Crippen LogP contribution is -2.50. The van der Waals surface area contributed by atoms with Crippen LogP contribution in [0.5, 0.6) is 0 Å². The Morgan fingerprint density at radius 3 is 1.92 bits per heavy atom. The van der Waals surface area contributed by atoms with Gasteiger partial charge in [-0.25, -0.2) is 9.97 Å². The van der Waals surface area contributed by atoms with E-state index in [4.69, 9.17) is 15.1 Å². The number of para-hydroxylation sites is 2. The van der Waals surface area contributed by atoms with Gasteiger partial charge in [-0.1, -0.05) is 12.1 Å². The molecule has 138 valence electrons. The molecule has 1 amide bonds. The molecule has 2 aromatic rings. The Morgan fingerprint density at radius 1 is 0.846 bits per heavy atom. The number of hydrogen-bond donors (Lipinski definition) is 1. The lowest BCUT2D eigenvalue weighted by molar-refractivity contribution is -0.134. The first-order chi connectivity index (χ1) is 12.8. The minimum absolute atomic E-state index is 0.203. The molecular weight excluding hydrogens is 330 g/mol. The summed E-state index contributed by atoms with van der Waals surface area (Å²) in [5.41, 5.74) is 1.82. The highest BCUT2D eigenvalue weighted by atomic mass is 16.3. The maximum absolute atomic E-state index is 11.7. The summed E-state index contributed by atoms with van der Waals surface area (Å²) in [7, 11) is 0. The third-order valence-electron chi connectivity index (χ3n) is 5.26. The van der Waals surface area contributed by atoms with Gasteiger partial charge in [0.1, 0.15) is 6.61 Å². The molecule has 1 N–H and O–H groups in total. The molecule has 4 rings (SSSR count). The second-order valence-electron chi connectivity index (χ2n) is 6.93. The Bertz CT molecular complexity index is 783. The van der Waals surface area contributed by atoms with Crippen molar-refractivity contribution in [3.63, 3.8) is 0 Å². The molecule has 1 aromatic heterocycles. The fraction of sp³-hybridized carbons (Fsp3) is 0.526. The zero-order valence-electron chi connectivity index (χ0n) is 15.0. The average molecular weight is 355 g/mol. The highest BCUT2D eigenvalue weighted by Crippen LogP contribution is 2.30. The first-order valence-electron chi connectivity index (χ1n) is 9.41. The van der Waals surface area contributed by atoms with E-state index in [0.29, 0.717) is 26.2 Å². The Labute approximate surface area is 153 Å². The van der Waals surface area contributed by atoms with E-state index in [-0.39, 0.29) is 5.91 Å². The largest absolute Gasteiger partial charge is 0.387 e. The van der Waals surface area contributed by atoms with Crippen molar-refractivity contribution in [3.05, 3.63) is 24.3 Å². The zero-order valence-corrected chi connectivity index (χ0v) is 15.0. The lowest BCUT2D eigenvalue weighted by Gasteiger charge is -2.37. The van der Waals surface area contributed by atoms with Crippen LogP contribution < -0.4 is 9.80 Å². The van der Waals surface area contributed by atoms with Crippen LogP contribution in [0, 0.1) is 0 Å². The summed E-state index contributed by atoms with van der Waals surface area (Å²) in [6, 6.07) is 7.99. The van der Waals surface area contributed by atoms with Crippen molar-refractivity contribution < 1.29 is 9.90 Å². The highest BCUT2D eigenvalue weighted by Gasteiger charge is 2.26. The van der Waals surface area contributed by atoms with E-state index < -0.39 is 6.61 Å². The number of hydrogen-bond acceptors (Lipinski definition) is 6. The van der Waals surface area contributed by atoms with E-state index in [1.54, 1.807) is 4.90 Å². The summed E-state index contributed by atoms with van der Waals surface area (Å²) in [4.78, 5) is 27.9. The Morgan fingerprint density at radius 2 is 1.38 bits per heavy atom. The maximum atomic E-state index is 11.7. The predicted octanol–water partition coefficient (Wildman–Crippen LogP) is 1.26. The summed E-state index contributed by atoms with van der Waals surface area (Å²) in [6.07, 6.45) is 3.65. The number of nitrogens with zero attached hydrogens (tertiary/aromatic N) is 5. The lowest BCUT2D eigenvalue weighted by atomic mass is 10.1. The fourth-order valence-corrected chi connectivity index (χ4v) is 3.78. The molecule has 7 nitrogen and oxygen atoms in total. The number of benzene rings is 1. The molecule has 7 heteroatoms. The number of aliphatic hydroxyl groups excluding tert-OH is 1. The summed E-state index contributed by atoms with van der Waals surface area (Å²) >= 11 is 0. The van der Waals surface area contributed by atoms with Crippen LogP contribution in [-0.2, 0) is 4.79 Å². The van der Waals surface area contributed by atoms with Crippen LogP contribution in [-0.4, -0.2) is 71.8 Å². The molecule has 1 aromatic carbocycles. The number of carbonyl (C=O) groups is 1. The number of aromatic nitrogens is 2. The van der Waals surface area contributed by atoms with Crippen molar-refractivity contribution in [2.75, 3.05) is 55.7 Å². The number of amides is 1. The topological polar surface area (TPSA) is 72.8 Å². The van der Waals surface area contributed by atoms with Crippen molar-refractivity contribution in [2.45, 2.75) is 19.3 Å². The quantitative estimate of drug-likeness (QED) is 0.894. The summed E-state index contributed by atoms with van der Waals surface area (Å²) in [5.74, 6) is 1.68. The SMILES string of the molecule is O=C(CO)N1CCN(c2nc3ccccc3nc2N2CCCCC2)CC1. The number of aliphatic hydroxyl groups is 1. The van der Waals surface area contributed by atoms with Crippen molar-refractivity contribution in [2.24, 2.45) is 0 Å². The Kier molecular flexibility index (Phi) is 4.88. The summed E-state index contributed by atoms with van der Waals surface area (Å²) in [6.45, 7) is 4.24. The number of rotatable bonds is 3. The van der Waals surface area contributed by atoms with Gasteiger partial charge in [0.05, 0.1) is 11.0 Å². The van der Waals surface area contributed by atoms with Crippen molar-refractivity contribution in [1.82, 2.24) is 14.9 Å². The molecule has 2 aliphatic rings. The fourth-order valence-electron chi connectivity index (χ4n) is 3.78. The minimum atomic E-state index is -0.422. The van der Waals surface area contributed by atoms with Crippen LogP contribution in [0.2, 0.25) is 0 Å². The van der Waals surface area contributed by atoms with Crippen molar-refractivity contribution in [3.8, 4) is 0 Å². The molecule has 0 radical (unpaired) electrons. The summed E-state index contributed by atoms with van der Waals surface area (Å²) in [5, 5.41) is 9.07. The van der Waals surface area contributed by atoms with E-state index in [1.807, 2.05) is 24.3 Å². The summed E-state index contributed by atoms with van der Waals surface area (Å²) < 4.78 is 0. The zero-order chi connectivity index (χ0) is 17.9. The molecule has 0 saturated carbocycles. The molecular formula is C19H25N5O2. The minimum Gasteiger partial charge on any atom is -0.387 e. The van der Waals surface area contributed by atoms with Crippen molar-refractivity contribution in [1.29, 1.82) is 0 Å². The Hall–Kier alpha value is -2.41. The van der Waals surface area contributed by atoms with E-state index in [2.05, 4.69) is 9.80 Å². The standard InChI is InChI=1S/C19H25N5O2/c25-14-17(26)22-10-12-24(13-11-22)19-18(23-8-4-1-5-9-23)20-15-6-2-3-7-16(15)21-19/h2-3,6-7,25H,1,4-5,8-14H2. The molecule has 0 atom stereocenters. The Balaban J connectivity index is 1.65. The van der Waals surface area contributed by atoms with Gasteiger partial charge in [0.15, 0.2) is 11.6 Å².